The fourth-order valence-electron chi connectivity index (χ4n) is 2.75. The minimum Gasteiger partial charge on any atom is -0.462 e. The maximum atomic E-state index is 12.4. The number of benzene rings is 1. The summed E-state index contributed by atoms with van der Waals surface area (Å²) in [5, 5.41) is 10.1. The molecule has 0 atom stereocenters. The molecule has 0 radical (unpaired) electrons. The molecule has 0 aliphatic carbocycles. The maximum absolute atomic E-state index is 12.4. The second-order valence-electron chi connectivity index (χ2n) is 6.71. The third-order valence-electron chi connectivity index (χ3n) is 4.40. The van der Waals surface area contributed by atoms with Gasteiger partial charge in [0, 0.05) is 7.05 Å². The van der Waals surface area contributed by atoms with Gasteiger partial charge in [-0.05, 0) is 44.0 Å². The van der Waals surface area contributed by atoms with Crippen molar-refractivity contribution < 1.29 is 37.1 Å². The zero-order chi connectivity index (χ0) is 24.9. The number of nitrogens with two attached hydrogens (primary N) is 1. The van der Waals surface area contributed by atoms with Crippen LogP contribution in [0.25, 0.3) is 0 Å². The van der Waals surface area contributed by atoms with Gasteiger partial charge in [-0.25, -0.2) is 23.1 Å². The Morgan fingerprint density at radius 2 is 1.76 bits per heavy atom. The van der Waals surface area contributed by atoms with E-state index in [-0.39, 0.29) is 32.5 Å². The Kier molecular flexibility index (Phi) is 8.30. The smallest absolute Gasteiger partial charge is 0.341 e. The summed E-state index contributed by atoms with van der Waals surface area (Å²) in [6.07, 6.45) is 0. The number of amides is 2. The van der Waals surface area contributed by atoms with Crippen molar-refractivity contribution in [2.24, 2.45) is 5.14 Å². The van der Waals surface area contributed by atoms with Gasteiger partial charge in [0.25, 0.3) is 11.8 Å². The highest BCUT2D eigenvalue weighted by Crippen LogP contribution is 2.33. The predicted molar refractivity (Wildman–Crippen MR) is 120 cm³/mol. The molecule has 0 fully saturated rings. The van der Waals surface area contributed by atoms with E-state index >= 15 is 0 Å². The summed E-state index contributed by atoms with van der Waals surface area (Å²) in [5.74, 6) is -2.88. The van der Waals surface area contributed by atoms with Crippen molar-refractivity contribution in [3.8, 4) is 0 Å². The minimum atomic E-state index is -4.04. The first kappa shape index (κ1) is 26.0. The summed E-state index contributed by atoms with van der Waals surface area (Å²) in [6, 6.07) is 3.69. The molecule has 0 aliphatic rings. The zero-order valence-electron chi connectivity index (χ0n) is 18.3. The largest absolute Gasteiger partial charge is 0.462 e. The molecule has 4 N–H and O–H groups in total. The first-order valence-electron chi connectivity index (χ1n) is 9.53. The highest BCUT2D eigenvalue weighted by molar-refractivity contribution is 7.89. The standard InChI is InChI=1S/C20H23N3O8S2/c1-5-30-20(27)15-11(3)16(17(25)22-4)32-18(15)23-14(24)9-31-19(26)13-8-12(33(21,28)29)7-6-10(13)2/h6-8H,5,9H2,1-4H3,(H,22,25)(H,23,24)(H2,21,28,29). The third-order valence-corrected chi connectivity index (χ3v) is 6.52. The van der Waals surface area contributed by atoms with Gasteiger partial charge in [0.05, 0.1) is 27.5 Å². The highest BCUT2D eigenvalue weighted by Gasteiger charge is 2.26. The Bertz CT molecular complexity index is 1220. The van der Waals surface area contributed by atoms with Crippen LogP contribution < -0.4 is 15.8 Å². The lowest BCUT2D eigenvalue weighted by atomic mass is 10.1. The van der Waals surface area contributed by atoms with Gasteiger partial charge in [0.15, 0.2) is 6.61 Å². The van der Waals surface area contributed by atoms with Crippen LogP contribution in [0.3, 0.4) is 0 Å². The molecule has 0 saturated heterocycles. The van der Waals surface area contributed by atoms with Crippen LogP contribution in [-0.4, -0.2) is 52.4 Å². The van der Waals surface area contributed by atoms with Crippen LogP contribution in [0.15, 0.2) is 23.1 Å². The van der Waals surface area contributed by atoms with E-state index < -0.39 is 40.4 Å². The average Bonchev–Trinajstić information content (AvgIpc) is 3.06. The second-order valence-corrected chi connectivity index (χ2v) is 9.29. The molecule has 0 aliphatic heterocycles. The normalized spacial score (nSPS) is 10.9. The maximum Gasteiger partial charge on any atom is 0.341 e. The predicted octanol–water partition coefficient (Wildman–Crippen LogP) is 1.34. The van der Waals surface area contributed by atoms with Gasteiger partial charge in [-0.1, -0.05) is 6.07 Å². The SMILES string of the molecule is CCOC(=O)c1c(NC(=O)COC(=O)c2cc(S(N)(=O)=O)ccc2C)sc(C(=O)NC)c1C. The Balaban J connectivity index is 2.21. The number of ether oxygens (including phenoxy) is 2. The van der Waals surface area contributed by atoms with Crippen molar-refractivity contribution in [3.05, 3.63) is 45.3 Å². The Hall–Kier alpha value is -3.29. The number of hydrogen-bond donors (Lipinski definition) is 3. The Morgan fingerprint density at radius 3 is 2.33 bits per heavy atom. The van der Waals surface area contributed by atoms with Gasteiger partial charge in [0.1, 0.15) is 5.00 Å². The van der Waals surface area contributed by atoms with Crippen LogP contribution in [0.4, 0.5) is 5.00 Å². The molecule has 0 spiro atoms. The number of esters is 2. The van der Waals surface area contributed by atoms with E-state index in [4.69, 9.17) is 14.6 Å². The Morgan fingerprint density at radius 1 is 1.09 bits per heavy atom. The fourth-order valence-corrected chi connectivity index (χ4v) is 4.45. The molecular formula is C20H23N3O8S2. The quantitative estimate of drug-likeness (QED) is 0.459. The molecule has 2 rings (SSSR count). The first-order valence-corrected chi connectivity index (χ1v) is 11.9. The molecule has 0 bridgehead atoms. The van der Waals surface area contributed by atoms with E-state index in [9.17, 15) is 27.6 Å². The molecule has 1 aromatic carbocycles. The molecule has 33 heavy (non-hydrogen) atoms. The molecule has 1 aromatic heterocycles. The number of anilines is 1. The lowest BCUT2D eigenvalue weighted by Crippen LogP contribution is -2.22. The van der Waals surface area contributed by atoms with Crippen LogP contribution in [0.2, 0.25) is 0 Å². The van der Waals surface area contributed by atoms with E-state index in [0.717, 1.165) is 17.4 Å². The number of nitrogens with one attached hydrogen (secondary N) is 2. The van der Waals surface area contributed by atoms with Gasteiger partial charge in [-0.2, -0.15) is 0 Å². The number of primary sulfonamides is 1. The van der Waals surface area contributed by atoms with E-state index in [1.807, 2.05) is 0 Å². The lowest BCUT2D eigenvalue weighted by Gasteiger charge is -2.10. The van der Waals surface area contributed by atoms with Crippen molar-refractivity contribution >= 4 is 50.1 Å². The van der Waals surface area contributed by atoms with Crippen LogP contribution in [0, 0.1) is 13.8 Å². The molecule has 13 heteroatoms. The number of sulfonamides is 1. The van der Waals surface area contributed by atoms with Gasteiger partial charge in [-0.15, -0.1) is 11.3 Å². The number of carbonyl (C=O) groups is 4. The molecule has 0 unspecified atom stereocenters. The van der Waals surface area contributed by atoms with Crippen molar-refractivity contribution in [3.63, 3.8) is 0 Å². The number of aryl methyl sites for hydroxylation is 1. The molecule has 0 saturated carbocycles. The third kappa shape index (κ3) is 6.15. The number of hydrogen-bond acceptors (Lipinski definition) is 9. The van der Waals surface area contributed by atoms with E-state index in [1.54, 1.807) is 20.8 Å². The molecular weight excluding hydrogens is 474 g/mol. The molecule has 11 nitrogen and oxygen atoms in total. The summed E-state index contributed by atoms with van der Waals surface area (Å²) < 4.78 is 33.0. The van der Waals surface area contributed by atoms with Crippen molar-refractivity contribution in [2.75, 3.05) is 25.6 Å². The van der Waals surface area contributed by atoms with Gasteiger partial charge < -0.3 is 20.1 Å². The molecule has 2 amide bonds. The highest BCUT2D eigenvalue weighted by atomic mass is 32.2. The number of carbonyl (C=O) groups excluding carboxylic acids is 4. The summed E-state index contributed by atoms with van der Waals surface area (Å²) in [7, 11) is -2.61. The second kappa shape index (κ2) is 10.6. The van der Waals surface area contributed by atoms with E-state index in [1.165, 1.54) is 19.2 Å². The van der Waals surface area contributed by atoms with Gasteiger partial charge in [0.2, 0.25) is 10.0 Å². The van der Waals surface area contributed by atoms with E-state index in [2.05, 4.69) is 10.6 Å². The number of rotatable bonds is 8. The minimum absolute atomic E-state index is 0.0248. The summed E-state index contributed by atoms with van der Waals surface area (Å²) >= 11 is 0.873. The van der Waals surface area contributed by atoms with Crippen LogP contribution in [0.1, 0.15) is 48.4 Å². The van der Waals surface area contributed by atoms with Crippen molar-refractivity contribution in [1.82, 2.24) is 5.32 Å². The fraction of sp³-hybridized carbons (Fsp3) is 0.300. The molecule has 1 heterocycles. The van der Waals surface area contributed by atoms with Gasteiger partial charge >= 0.3 is 11.9 Å². The number of thiophene rings is 1. The first-order chi connectivity index (χ1) is 15.4. The van der Waals surface area contributed by atoms with Crippen molar-refractivity contribution in [2.45, 2.75) is 25.7 Å². The zero-order valence-corrected chi connectivity index (χ0v) is 19.9. The summed E-state index contributed by atoms with van der Waals surface area (Å²) in [5.41, 5.74) is 0.703. The average molecular weight is 498 g/mol. The van der Waals surface area contributed by atoms with Crippen molar-refractivity contribution in [1.29, 1.82) is 0 Å². The van der Waals surface area contributed by atoms with E-state index in [0.29, 0.717) is 11.1 Å². The summed E-state index contributed by atoms with van der Waals surface area (Å²) in [6.45, 7) is 4.08. The van der Waals surface area contributed by atoms with Crippen LogP contribution in [0.5, 0.6) is 0 Å². The topological polar surface area (TPSA) is 171 Å². The monoisotopic (exact) mass is 497 g/mol. The Labute approximate surface area is 194 Å². The van der Waals surface area contributed by atoms with Gasteiger partial charge in [-0.3, -0.25) is 9.59 Å². The summed E-state index contributed by atoms with van der Waals surface area (Å²) in [4.78, 5) is 49.2. The van der Waals surface area contributed by atoms with Crippen LogP contribution >= 0.6 is 11.3 Å². The molecule has 178 valence electrons. The van der Waals surface area contributed by atoms with Crippen LogP contribution in [-0.2, 0) is 24.3 Å². The molecule has 2 aromatic rings. The lowest BCUT2D eigenvalue weighted by molar-refractivity contribution is -0.119.